The Morgan fingerprint density at radius 3 is 2.68 bits per heavy atom. The number of aromatic nitrogens is 1. The van der Waals surface area contributed by atoms with E-state index in [0.717, 1.165) is 21.9 Å². The first-order chi connectivity index (χ1) is 15.1. The number of nitro groups is 1. The Morgan fingerprint density at radius 1 is 1.06 bits per heavy atom. The second kappa shape index (κ2) is 8.71. The van der Waals surface area contributed by atoms with Crippen LogP contribution in [0.5, 0.6) is 11.5 Å². The fourth-order valence-corrected chi connectivity index (χ4v) is 3.37. The van der Waals surface area contributed by atoms with Crippen LogP contribution in [0.1, 0.15) is 22.6 Å². The summed E-state index contributed by atoms with van der Waals surface area (Å²) in [4.78, 5) is 10.7. The van der Waals surface area contributed by atoms with Crippen molar-refractivity contribution in [2.75, 3.05) is 7.11 Å². The first-order valence-corrected chi connectivity index (χ1v) is 9.63. The Hall–Kier alpha value is -4.13. The minimum Gasteiger partial charge on any atom is -0.493 e. The molecular formula is C24H20N2O5. The molecule has 156 valence electrons. The third-order valence-electron chi connectivity index (χ3n) is 4.92. The third kappa shape index (κ3) is 4.25. The average Bonchev–Trinajstić information content (AvgIpc) is 3.17. The van der Waals surface area contributed by atoms with Crippen LogP contribution in [0.3, 0.4) is 0 Å². The molecule has 0 saturated heterocycles. The molecule has 3 aromatic carbocycles. The van der Waals surface area contributed by atoms with E-state index in [1.807, 2.05) is 36.4 Å². The summed E-state index contributed by atoms with van der Waals surface area (Å²) in [6.45, 7) is 1.93. The number of hydrogen-bond donors (Lipinski definition) is 0. The first kappa shape index (κ1) is 20.2. The van der Waals surface area contributed by atoms with Crippen molar-refractivity contribution in [3.63, 3.8) is 0 Å². The van der Waals surface area contributed by atoms with Crippen LogP contribution in [-0.2, 0) is 6.61 Å². The van der Waals surface area contributed by atoms with Crippen molar-refractivity contribution in [2.24, 2.45) is 0 Å². The molecular weight excluding hydrogens is 396 g/mol. The number of hydrogen-bond acceptors (Lipinski definition) is 6. The average molecular weight is 416 g/mol. The summed E-state index contributed by atoms with van der Waals surface area (Å²) in [6.07, 6.45) is 3.22. The highest BCUT2D eigenvalue weighted by Gasteiger charge is 2.21. The molecule has 0 spiro atoms. The van der Waals surface area contributed by atoms with Gasteiger partial charge in [0.05, 0.1) is 12.0 Å². The summed E-state index contributed by atoms with van der Waals surface area (Å²) in [5, 5.41) is 17.1. The molecule has 0 radical (unpaired) electrons. The van der Waals surface area contributed by atoms with E-state index in [2.05, 4.69) is 23.4 Å². The Balaban J connectivity index is 1.54. The molecule has 1 heterocycles. The highest BCUT2D eigenvalue weighted by Crippen LogP contribution is 2.31. The van der Waals surface area contributed by atoms with Gasteiger partial charge in [-0.2, -0.15) is 0 Å². The predicted octanol–water partition coefficient (Wildman–Crippen LogP) is 5.80. The molecule has 0 bridgehead atoms. The highest BCUT2D eigenvalue weighted by atomic mass is 16.6. The normalized spacial score (nSPS) is 11.2. The number of fused-ring (bicyclic) bond motifs is 1. The van der Waals surface area contributed by atoms with Gasteiger partial charge >= 0.3 is 5.69 Å². The molecule has 0 aliphatic rings. The quantitative estimate of drug-likeness (QED) is 0.279. The second-order valence-corrected chi connectivity index (χ2v) is 6.91. The zero-order valence-electron chi connectivity index (χ0n) is 17.1. The number of rotatable bonds is 7. The Labute approximate surface area is 178 Å². The van der Waals surface area contributed by atoms with Crippen LogP contribution in [0, 0.1) is 17.0 Å². The van der Waals surface area contributed by atoms with Crippen LogP contribution < -0.4 is 9.47 Å². The monoisotopic (exact) mass is 416 g/mol. The molecule has 4 aromatic rings. The topological polar surface area (TPSA) is 87.6 Å². The molecule has 1 aromatic heterocycles. The van der Waals surface area contributed by atoms with E-state index < -0.39 is 4.92 Å². The fraction of sp³-hybridized carbons (Fsp3) is 0.125. The van der Waals surface area contributed by atoms with Crippen LogP contribution in [0.15, 0.2) is 65.2 Å². The van der Waals surface area contributed by atoms with Crippen molar-refractivity contribution in [1.29, 1.82) is 0 Å². The molecule has 4 rings (SSSR count). The van der Waals surface area contributed by atoms with Gasteiger partial charge in [-0.1, -0.05) is 59.8 Å². The van der Waals surface area contributed by atoms with Gasteiger partial charge in [0, 0.05) is 0 Å². The molecule has 0 amide bonds. The number of nitrogens with zero attached hydrogens (tertiary/aromatic N) is 2. The van der Waals surface area contributed by atoms with E-state index in [1.54, 1.807) is 19.3 Å². The Bertz CT molecular complexity index is 1270. The molecule has 0 aliphatic heterocycles. The number of methoxy groups -OCH3 is 1. The van der Waals surface area contributed by atoms with Gasteiger partial charge in [0.2, 0.25) is 5.76 Å². The molecule has 0 saturated carbocycles. The fourth-order valence-electron chi connectivity index (χ4n) is 3.37. The second-order valence-electron chi connectivity index (χ2n) is 6.91. The van der Waals surface area contributed by atoms with Gasteiger partial charge in [-0.3, -0.25) is 10.1 Å². The van der Waals surface area contributed by atoms with E-state index in [0.29, 0.717) is 18.1 Å². The van der Waals surface area contributed by atoms with Crippen LogP contribution >= 0.6 is 0 Å². The van der Waals surface area contributed by atoms with Crippen molar-refractivity contribution < 1.29 is 18.9 Å². The lowest BCUT2D eigenvalue weighted by molar-refractivity contribution is -0.386. The first-order valence-electron chi connectivity index (χ1n) is 9.63. The van der Waals surface area contributed by atoms with E-state index in [4.69, 9.17) is 14.0 Å². The highest BCUT2D eigenvalue weighted by molar-refractivity contribution is 5.85. The van der Waals surface area contributed by atoms with Gasteiger partial charge in [0.25, 0.3) is 0 Å². The summed E-state index contributed by atoms with van der Waals surface area (Å²) in [7, 11) is 1.57. The third-order valence-corrected chi connectivity index (χ3v) is 4.92. The zero-order valence-corrected chi connectivity index (χ0v) is 17.1. The molecule has 0 atom stereocenters. The number of ether oxygens (including phenoxy) is 2. The van der Waals surface area contributed by atoms with Crippen LogP contribution in [-0.4, -0.2) is 17.2 Å². The smallest absolute Gasteiger partial charge is 0.338 e. The summed E-state index contributed by atoms with van der Waals surface area (Å²) in [6, 6.07) is 19.7. The van der Waals surface area contributed by atoms with Crippen LogP contribution in [0.25, 0.3) is 22.9 Å². The minimum absolute atomic E-state index is 0.0951. The molecule has 0 N–H and O–H groups in total. The SMILES string of the molecule is COc1cc(/C=C\c2onc(C)c2[N+](=O)[O-])ccc1OCc1cccc2ccccc12. The maximum absolute atomic E-state index is 11.2. The summed E-state index contributed by atoms with van der Waals surface area (Å²) < 4.78 is 16.6. The maximum Gasteiger partial charge on any atom is 0.338 e. The maximum atomic E-state index is 11.2. The Morgan fingerprint density at radius 2 is 1.87 bits per heavy atom. The van der Waals surface area contributed by atoms with E-state index in [-0.39, 0.29) is 17.1 Å². The summed E-state index contributed by atoms with van der Waals surface area (Å²) in [5.41, 5.74) is 1.95. The summed E-state index contributed by atoms with van der Waals surface area (Å²) in [5.74, 6) is 1.26. The standard InChI is InChI=1S/C24H20N2O5/c1-16-24(26(27)28)22(31-25-16)13-11-17-10-12-21(23(14-17)29-2)30-15-19-8-5-7-18-6-3-4-9-20(18)19/h3-14H,15H2,1-2H3/b13-11-. The predicted molar refractivity (Wildman–Crippen MR) is 118 cm³/mol. The summed E-state index contributed by atoms with van der Waals surface area (Å²) >= 11 is 0. The molecule has 7 heteroatoms. The van der Waals surface area contributed by atoms with Crippen molar-refractivity contribution in [1.82, 2.24) is 5.16 Å². The Kier molecular flexibility index (Phi) is 5.66. The van der Waals surface area contributed by atoms with E-state index in [1.165, 1.54) is 13.0 Å². The zero-order chi connectivity index (χ0) is 21.8. The lowest BCUT2D eigenvalue weighted by Crippen LogP contribution is -1.98. The van der Waals surface area contributed by atoms with Gasteiger partial charge in [-0.25, -0.2) is 0 Å². The lowest BCUT2D eigenvalue weighted by Gasteiger charge is -2.12. The number of aryl methyl sites for hydroxylation is 1. The minimum atomic E-state index is -0.504. The van der Waals surface area contributed by atoms with Crippen molar-refractivity contribution in [3.05, 3.63) is 93.4 Å². The van der Waals surface area contributed by atoms with Crippen molar-refractivity contribution in [2.45, 2.75) is 13.5 Å². The van der Waals surface area contributed by atoms with Gasteiger partial charge in [0.1, 0.15) is 6.61 Å². The molecule has 0 unspecified atom stereocenters. The van der Waals surface area contributed by atoms with Crippen molar-refractivity contribution in [3.8, 4) is 11.5 Å². The van der Waals surface area contributed by atoms with Gasteiger partial charge in [-0.15, -0.1) is 0 Å². The lowest BCUT2D eigenvalue weighted by atomic mass is 10.1. The number of benzene rings is 3. The molecule has 0 aliphatic carbocycles. The van der Waals surface area contributed by atoms with Gasteiger partial charge in [0.15, 0.2) is 17.2 Å². The van der Waals surface area contributed by atoms with E-state index in [9.17, 15) is 10.1 Å². The van der Waals surface area contributed by atoms with Crippen molar-refractivity contribution >= 4 is 28.6 Å². The van der Waals surface area contributed by atoms with Gasteiger partial charge in [-0.05, 0) is 47.0 Å². The van der Waals surface area contributed by atoms with Crippen LogP contribution in [0.2, 0.25) is 0 Å². The molecule has 7 nitrogen and oxygen atoms in total. The molecule has 0 fully saturated rings. The van der Waals surface area contributed by atoms with E-state index >= 15 is 0 Å². The van der Waals surface area contributed by atoms with Crippen LogP contribution in [0.4, 0.5) is 5.69 Å². The van der Waals surface area contributed by atoms with Gasteiger partial charge < -0.3 is 14.0 Å². The largest absolute Gasteiger partial charge is 0.493 e. The molecule has 31 heavy (non-hydrogen) atoms.